The first-order chi connectivity index (χ1) is 9.12. The molecular formula is C15H20N2O2. The Labute approximate surface area is 114 Å². The van der Waals surface area contributed by atoms with E-state index in [2.05, 4.69) is 11.4 Å². The first-order valence-corrected chi connectivity index (χ1v) is 6.56. The fraction of sp³-hybridized carbons (Fsp3) is 0.467. The molecule has 1 aromatic rings. The van der Waals surface area contributed by atoms with Gasteiger partial charge in [0.15, 0.2) is 0 Å². The van der Waals surface area contributed by atoms with Crippen LogP contribution in [0.2, 0.25) is 0 Å². The van der Waals surface area contributed by atoms with Gasteiger partial charge >= 0.3 is 5.97 Å². The summed E-state index contributed by atoms with van der Waals surface area (Å²) < 4.78 is 5.06. The Kier molecular flexibility index (Phi) is 5.87. The molecule has 0 amide bonds. The van der Waals surface area contributed by atoms with E-state index in [4.69, 9.17) is 10.00 Å². The average molecular weight is 260 g/mol. The van der Waals surface area contributed by atoms with E-state index < -0.39 is 0 Å². The van der Waals surface area contributed by atoms with Crippen LogP contribution in [0.1, 0.15) is 37.8 Å². The van der Waals surface area contributed by atoms with Crippen LogP contribution in [0.3, 0.4) is 0 Å². The Morgan fingerprint density at radius 1 is 1.47 bits per heavy atom. The van der Waals surface area contributed by atoms with Crippen LogP contribution < -0.4 is 5.32 Å². The summed E-state index contributed by atoms with van der Waals surface area (Å²) in [4.78, 5) is 11.9. The number of nitrogens with one attached hydrogen (secondary N) is 1. The number of aryl methyl sites for hydroxylation is 1. The van der Waals surface area contributed by atoms with E-state index in [0.717, 1.165) is 17.7 Å². The van der Waals surface area contributed by atoms with Crippen molar-refractivity contribution in [2.75, 3.05) is 11.9 Å². The van der Waals surface area contributed by atoms with Crippen LogP contribution in [0.25, 0.3) is 0 Å². The van der Waals surface area contributed by atoms with Crippen molar-refractivity contribution in [2.45, 2.75) is 39.7 Å². The summed E-state index contributed by atoms with van der Waals surface area (Å²) in [7, 11) is 0. The van der Waals surface area contributed by atoms with Gasteiger partial charge in [0.2, 0.25) is 0 Å². The van der Waals surface area contributed by atoms with Crippen molar-refractivity contribution in [1.29, 1.82) is 5.26 Å². The molecule has 0 aliphatic rings. The Morgan fingerprint density at radius 2 is 2.21 bits per heavy atom. The molecule has 19 heavy (non-hydrogen) atoms. The lowest BCUT2D eigenvalue weighted by atomic mass is 10.1. The molecule has 0 aliphatic heterocycles. The molecule has 0 aliphatic carbocycles. The average Bonchev–Trinajstić information content (AvgIpc) is 2.40. The van der Waals surface area contributed by atoms with Gasteiger partial charge in [0.05, 0.1) is 18.2 Å². The van der Waals surface area contributed by atoms with Crippen molar-refractivity contribution in [3.05, 3.63) is 29.3 Å². The molecule has 1 unspecified atom stereocenters. The van der Waals surface area contributed by atoms with Crippen LogP contribution >= 0.6 is 0 Å². The Bertz CT molecular complexity index is 478. The van der Waals surface area contributed by atoms with Gasteiger partial charge in [-0.1, -0.05) is 19.4 Å². The molecule has 102 valence electrons. The molecule has 0 radical (unpaired) electrons. The molecule has 0 saturated carbocycles. The molecule has 1 rings (SSSR count). The predicted octanol–water partition coefficient (Wildman–Crippen LogP) is 3.01. The van der Waals surface area contributed by atoms with Gasteiger partial charge in [-0.3, -0.25) is 0 Å². The predicted molar refractivity (Wildman–Crippen MR) is 74.8 cm³/mol. The highest BCUT2D eigenvalue weighted by atomic mass is 16.5. The zero-order valence-corrected chi connectivity index (χ0v) is 11.7. The lowest BCUT2D eigenvalue weighted by Gasteiger charge is -2.19. The second-order valence-electron chi connectivity index (χ2n) is 4.38. The molecule has 0 bridgehead atoms. The molecular weight excluding hydrogens is 240 g/mol. The van der Waals surface area contributed by atoms with E-state index in [0.29, 0.717) is 18.6 Å². The monoisotopic (exact) mass is 260 g/mol. The van der Waals surface area contributed by atoms with Crippen molar-refractivity contribution in [3.8, 4) is 6.07 Å². The molecule has 0 fully saturated rings. The fourth-order valence-electron chi connectivity index (χ4n) is 1.82. The highest BCUT2D eigenvalue weighted by molar-refractivity contribution is 5.79. The normalized spacial score (nSPS) is 11.5. The summed E-state index contributed by atoms with van der Waals surface area (Å²) in [5, 5.41) is 12.1. The lowest BCUT2D eigenvalue weighted by molar-refractivity contribution is -0.144. The zero-order chi connectivity index (χ0) is 14.3. The molecule has 0 saturated heterocycles. The first-order valence-electron chi connectivity index (χ1n) is 6.56. The second kappa shape index (κ2) is 7.42. The maximum atomic E-state index is 11.9. The largest absolute Gasteiger partial charge is 0.464 e. The van der Waals surface area contributed by atoms with Gasteiger partial charge < -0.3 is 10.1 Å². The number of benzene rings is 1. The third kappa shape index (κ3) is 4.29. The highest BCUT2D eigenvalue weighted by Crippen LogP contribution is 2.19. The minimum absolute atomic E-state index is 0.244. The zero-order valence-electron chi connectivity index (χ0n) is 11.7. The van der Waals surface area contributed by atoms with Gasteiger partial charge in [-0.05, 0) is 38.0 Å². The maximum Gasteiger partial charge on any atom is 0.328 e. The minimum Gasteiger partial charge on any atom is -0.464 e. The number of hydrogen-bond acceptors (Lipinski definition) is 4. The van der Waals surface area contributed by atoms with E-state index in [1.807, 2.05) is 19.9 Å². The number of nitrogens with zero attached hydrogens (tertiary/aromatic N) is 1. The minimum atomic E-state index is -0.363. The number of hydrogen-bond donors (Lipinski definition) is 1. The fourth-order valence-corrected chi connectivity index (χ4v) is 1.82. The third-order valence-corrected chi connectivity index (χ3v) is 2.84. The van der Waals surface area contributed by atoms with Crippen molar-refractivity contribution in [1.82, 2.24) is 0 Å². The summed E-state index contributed by atoms with van der Waals surface area (Å²) in [5.74, 6) is -0.244. The highest BCUT2D eigenvalue weighted by Gasteiger charge is 2.19. The van der Waals surface area contributed by atoms with Crippen LogP contribution in [0, 0.1) is 18.3 Å². The van der Waals surface area contributed by atoms with Gasteiger partial charge in [0, 0.05) is 5.69 Å². The quantitative estimate of drug-likeness (QED) is 0.799. The van der Waals surface area contributed by atoms with Crippen LogP contribution in [0.4, 0.5) is 5.69 Å². The number of rotatable bonds is 6. The van der Waals surface area contributed by atoms with Gasteiger partial charge in [0.1, 0.15) is 6.04 Å². The second-order valence-corrected chi connectivity index (χ2v) is 4.38. The molecule has 4 nitrogen and oxygen atoms in total. The van der Waals surface area contributed by atoms with Gasteiger partial charge in [0.25, 0.3) is 0 Å². The molecule has 1 N–H and O–H groups in total. The third-order valence-electron chi connectivity index (χ3n) is 2.84. The topological polar surface area (TPSA) is 62.1 Å². The Morgan fingerprint density at radius 3 is 2.79 bits per heavy atom. The molecule has 0 heterocycles. The summed E-state index contributed by atoms with van der Waals surface area (Å²) >= 11 is 0. The summed E-state index contributed by atoms with van der Waals surface area (Å²) in [6.45, 7) is 6.13. The Hall–Kier alpha value is -2.02. The van der Waals surface area contributed by atoms with E-state index >= 15 is 0 Å². The SMILES string of the molecule is CCCC(Nc1cc(C#N)ccc1C)C(=O)OCC. The van der Waals surface area contributed by atoms with Gasteiger partial charge in [-0.2, -0.15) is 5.26 Å². The van der Waals surface area contributed by atoms with Crippen LogP contribution in [0.5, 0.6) is 0 Å². The van der Waals surface area contributed by atoms with E-state index in [1.165, 1.54) is 0 Å². The number of esters is 1. The maximum absolute atomic E-state index is 11.9. The molecule has 1 aromatic carbocycles. The van der Waals surface area contributed by atoms with Crippen molar-refractivity contribution < 1.29 is 9.53 Å². The van der Waals surface area contributed by atoms with Crippen LogP contribution in [-0.4, -0.2) is 18.6 Å². The van der Waals surface area contributed by atoms with E-state index in [9.17, 15) is 4.79 Å². The number of anilines is 1. The van der Waals surface area contributed by atoms with Crippen molar-refractivity contribution >= 4 is 11.7 Å². The first kappa shape index (κ1) is 15.0. The smallest absolute Gasteiger partial charge is 0.328 e. The molecule has 0 aromatic heterocycles. The summed E-state index contributed by atoms with van der Waals surface area (Å²) in [6, 6.07) is 7.13. The van der Waals surface area contributed by atoms with Gasteiger partial charge in [-0.15, -0.1) is 0 Å². The number of nitriles is 1. The van der Waals surface area contributed by atoms with E-state index in [1.54, 1.807) is 19.1 Å². The Balaban J connectivity index is 2.90. The molecule has 1 atom stereocenters. The summed E-state index contributed by atoms with van der Waals surface area (Å²) in [6.07, 6.45) is 1.59. The summed E-state index contributed by atoms with van der Waals surface area (Å²) in [5.41, 5.74) is 2.39. The van der Waals surface area contributed by atoms with Crippen LogP contribution in [0.15, 0.2) is 18.2 Å². The van der Waals surface area contributed by atoms with Gasteiger partial charge in [-0.25, -0.2) is 4.79 Å². The number of ether oxygens (including phenoxy) is 1. The standard InChI is InChI=1S/C15H20N2O2/c1-4-6-13(15(18)19-5-2)17-14-9-12(10-16)8-7-11(14)3/h7-9,13,17H,4-6H2,1-3H3. The van der Waals surface area contributed by atoms with Crippen LogP contribution in [-0.2, 0) is 9.53 Å². The molecule has 4 heteroatoms. The lowest BCUT2D eigenvalue weighted by Crippen LogP contribution is -2.31. The number of carbonyl (C=O) groups is 1. The van der Waals surface area contributed by atoms with E-state index in [-0.39, 0.29) is 12.0 Å². The van der Waals surface area contributed by atoms with Crippen molar-refractivity contribution in [2.24, 2.45) is 0 Å². The van der Waals surface area contributed by atoms with Crippen molar-refractivity contribution in [3.63, 3.8) is 0 Å². The number of carbonyl (C=O) groups excluding carboxylic acids is 1. The molecule has 0 spiro atoms.